The molecule has 0 radical (unpaired) electrons. The van der Waals surface area contributed by atoms with Crippen LogP contribution in [0.1, 0.15) is 11.3 Å². The third-order valence-corrected chi connectivity index (χ3v) is 3.92. The third kappa shape index (κ3) is 2.95. The minimum Gasteiger partial charge on any atom is -0.398 e. The third-order valence-electron chi connectivity index (χ3n) is 2.50. The van der Waals surface area contributed by atoms with Crippen molar-refractivity contribution in [2.75, 3.05) is 5.73 Å². The van der Waals surface area contributed by atoms with Crippen molar-refractivity contribution >= 4 is 16.5 Å². The highest BCUT2D eigenvalue weighted by Gasteiger charge is 2.12. The maximum atomic E-state index is 13.1. The molecule has 4 nitrogen and oxygen atoms in total. The summed E-state index contributed by atoms with van der Waals surface area (Å²) >= 11 is 0. The van der Waals surface area contributed by atoms with E-state index in [4.69, 9.17) is 11.0 Å². The van der Waals surface area contributed by atoms with E-state index >= 15 is 0 Å². The van der Waals surface area contributed by atoms with E-state index in [0.717, 1.165) is 6.07 Å². The number of halogens is 1. The Kier molecular flexibility index (Phi) is 3.88. The van der Waals surface area contributed by atoms with Crippen LogP contribution in [0, 0.1) is 17.1 Å². The van der Waals surface area contributed by atoms with Crippen LogP contribution >= 0.6 is 0 Å². The summed E-state index contributed by atoms with van der Waals surface area (Å²) in [6, 6.07) is 8.98. The molecule has 1 heterocycles. The van der Waals surface area contributed by atoms with Crippen LogP contribution in [-0.4, -0.2) is 9.19 Å². The van der Waals surface area contributed by atoms with Gasteiger partial charge in [-0.15, -0.1) is 0 Å². The number of nitrogens with zero attached hydrogens (tertiary/aromatic N) is 2. The second kappa shape index (κ2) is 5.59. The van der Waals surface area contributed by atoms with E-state index in [0.29, 0.717) is 5.56 Å². The quantitative estimate of drug-likeness (QED) is 0.869. The lowest BCUT2D eigenvalue weighted by Gasteiger charge is -2.06. The number of nitriles is 1. The Bertz CT molecular complexity index is 682. The minimum absolute atomic E-state index is 0.0738. The molecular weight excluding hydrogens is 265 g/mol. The molecule has 0 saturated heterocycles. The molecular formula is C13H10FN3OS. The maximum absolute atomic E-state index is 13.1. The molecule has 0 amide bonds. The number of benzene rings is 1. The SMILES string of the molecule is N#Cc1ncccc1CS(=O)c1cc(F)ccc1N. The van der Waals surface area contributed by atoms with E-state index < -0.39 is 16.6 Å². The van der Waals surface area contributed by atoms with Crippen molar-refractivity contribution in [2.45, 2.75) is 10.6 Å². The van der Waals surface area contributed by atoms with Gasteiger partial charge in [-0.05, 0) is 24.3 Å². The van der Waals surface area contributed by atoms with Crippen LogP contribution in [0.25, 0.3) is 0 Å². The summed E-state index contributed by atoms with van der Waals surface area (Å²) < 4.78 is 25.3. The molecule has 2 rings (SSSR count). The molecule has 96 valence electrons. The van der Waals surface area contributed by atoms with Crippen molar-refractivity contribution in [1.29, 1.82) is 5.26 Å². The fourth-order valence-corrected chi connectivity index (χ4v) is 2.83. The van der Waals surface area contributed by atoms with E-state index in [1.165, 1.54) is 18.3 Å². The summed E-state index contributed by atoms with van der Waals surface area (Å²) in [7, 11) is -1.52. The number of rotatable bonds is 3. The van der Waals surface area contributed by atoms with Gasteiger partial charge in [0.1, 0.15) is 17.6 Å². The molecule has 0 saturated carbocycles. The van der Waals surface area contributed by atoms with Gasteiger partial charge in [0.05, 0.1) is 21.4 Å². The highest BCUT2D eigenvalue weighted by molar-refractivity contribution is 7.84. The van der Waals surface area contributed by atoms with Crippen molar-refractivity contribution in [2.24, 2.45) is 0 Å². The van der Waals surface area contributed by atoms with Crippen molar-refractivity contribution < 1.29 is 8.60 Å². The van der Waals surface area contributed by atoms with Crippen LogP contribution < -0.4 is 5.73 Å². The summed E-state index contributed by atoms with van der Waals surface area (Å²) in [5.74, 6) is -0.422. The molecule has 0 aliphatic rings. The van der Waals surface area contributed by atoms with E-state index in [9.17, 15) is 8.60 Å². The molecule has 0 aliphatic heterocycles. The van der Waals surface area contributed by atoms with Crippen molar-refractivity contribution in [3.05, 3.63) is 53.6 Å². The van der Waals surface area contributed by atoms with E-state index in [1.807, 2.05) is 6.07 Å². The lowest BCUT2D eigenvalue weighted by molar-refractivity contribution is 0.623. The average molecular weight is 275 g/mol. The maximum Gasteiger partial charge on any atom is 0.144 e. The van der Waals surface area contributed by atoms with Crippen LogP contribution in [0.4, 0.5) is 10.1 Å². The fraction of sp³-hybridized carbons (Fsp3) is 0.0769. The summed E-state index contributed by atoms with van der Waals surface area (Å²) in [5.41, 5.74) is 6.70. The van der Waals surface area contributed by atoms with Crippen LogP contribution in [0.2, 0.25) is 0 Å². The van der Waals surface area contributed by atoms with Gasteiger partial charge < -0.3 is 5.73 Å². The molecule has 2 aromatic rings. The predicted molar refractivity (Wildman–Crippen MR) is 69.9 cm³/mol. The smallest absolute Gasteiger partial charge is 0.144 e. The van der Waals surface area contributed by atoms with Crippen LogP contribution in [0.3, 0.4) is 0 Å². The second-order valence-corrected chi connectivity index (χ2v) is 5.21. The first-order valence-electron chi connectivity index (χ1n) is 5.39. The molecule has 1 aromatic heterocycles. The topological polar surface area (TPSA) is 79.8 Å². The van der Waals surface area contributed by atoms with Gasteiger partial charge in [-0.3, -0.25) is 4.21 Å². The van der Waals surface area contributed by atoms with Gasteiger partial charge in [0.25, 0.3) is 0 Å². The van der Waals surface area contributed by atoms with Gasteiger partial charge in [-0.25, -0.2) is 9.37 Å². The highest BCUT2D eigenvalue weighted by Crippen LogP contribution is 2.21. The van der Waals surface area contributed by atoms with Gasteiger partial charge in [0, 0.05) is 17.4 Å². The molecule has 19 heavy (non-hydrogen) atoms. The Labute approximate surface area is 112 Å². The average Bonchev–Trinajstić information content (AvgIpc) is 2.42. The lowest BCUT2D eigenvalue weighted by atomic mass is 10.2. The van der Waals surface area contributed by atoms with Gasteiger partial charge in [0.2, 0.25) is 0 Å². The Morgan fingerprint density at radius 1 is 1.42 bits per heavy atom. The molecule has 1 atom stereocenters. The number of nitrogens with two attached hydrogens (primary N) is 1. The first-order chi connectivity index (χ1) is 9.11. The summed E-state index contributed by atoms with van der Waals surface area (Å²) in [4.78, 5) is 4.11. The normalized spacial score (nSPS) is 11.8. The predicted octanol–water partition coefficient (Wildman–Crippen LogP) is 1.98. The molecule has 1 unspecified atom stereocenters. The van der Waals surface area contributed by atoms with Crippen LogP contribution in [0.15, 0.2) is 41.4 Å². The van der Waals surface area contributed by atoms with Crippen molar-refractivity contribution in [3.63, 3.8) is 0 Å². The van der Waals surface area contributed by atoms with E-state index in [1.54, 1.807) is 12.1 Å². The lowest BCUT2D eigenvalue weighted by Crippen LogP contribution is -2.03. The molecule has 0 aliphatic carbocycles. The number of hydrogen-bond donors (Lipinski definition) is 1. The zero-order valence-corrected chi connectivity index (χ0v) is 10.7. The summed E-state index contributed by atoms with van der Waals surface area (Å²) in [6.07, 6.45) is 1.49. The Morgan fingerprint density at radius 2 is 2.21 bits per heavy atom. The molecule has 0 fully saturated rings. The van der Waals surface area contributed by atoms with Crippen LogP contribution in [-0.2, 0) is 16.6 Å². The molecule has 0 bridgehead atoms. The summed E-state index contributed by atoms with van der Waals surface area (Å²) in [6.45, 7) is 0. The first kappa shape index (κ1) is 13.2. The minimum atomic E-state index is -1.52. The Morgan fingerprint density at radius 3 is 2.95 bits per heavy atom. The monoisotopic (exact) mass is 275 g/mol. The number of nitrogen functional groups attached to an aromatic ring is 1. The van der Waals surface area contributed by atoms with E-state index in [-0.39, 0.29) is 22.0 Å². The summed E-state index contributed by atoms with van der Waals surface area (Å²) in [5, 5.41) is 8.90. The highest BCUT2D eigenvalue weighted by atomic mass is 32.2. The van der Waals surface area contributed by atoms with Crippen LogP contribution in [0.5, 0.6) is 0 Å². The number of hydrogen-bond acceptors (Lipinski definition) is 4. The zero-order chi connectivity index (χ0) is 13.8. The number of pyridine rings is 1. The molecule has 6 heteroatoms. The first-order valence-corrected chi connectivity index (χ1v) is 6.71. The molecule has 0 spiro atoms. The van der Waals surface area contributed by atoms with Crippen molar-refractivity contribution in [3.8, 4) is 6.07 Å². The standard InChI is InChI=1S/C13H10FN3OS/c14-10-3-4-11(16)13(6-10)19(18)8-9-2-1-5-17-12(9)7-15/h1-6H,8,16H2. The van der Waals surface area contributed by atoms with Gasteiger partial charge in [-0.1, -0.05) is 6.07 Å². The largest absolute Gasteiger partial charge is 0.398 e. The number of aromatic nitrogens is 1. The molecule has 1 aromatic carbocycles. The Balaban J connectivity index is 2.31. The zero-order valence-electron chi connectivity index (χ0n) is 9.84. The van der Waals surface area contributed by atoms with Crippen molar-refractivity contribution in [1.82, 2.24) is 4.98 Å². The van der Waals surface area contributed by atoms with E-state index in [2.05, 4.69) is 4.98 Å². The Hall–Kier alpha value is -2.26. The van der Waals surface area contributed by atoms with Gasteiger partial charge in [-0.2, -0.15) is 5.26 Å². The second-order valence-electron chi connectivity index (χ2n) is 3.79. The van der Waals surface area contributed by atoms with Gasteiger partial charge in [0.15, 0.2) is 0 Å². The molecule has 2 N–H and O–H groups in total. The fourth-order valence-electron chi connectivity index (χ4n) is 1.58. The number of anilines is 1. The van der Waals surface area contributed by atoms with Gasteiger partial charge >= 0.3 is 0 Å².